The molecule has 30 heavy (non-hydrogen) atoms. The van der Waals surface area contributed by atoms with Crippen LogP contribution in [0.1, 0.15) is 55.9 Å². The van der Waals surface area contributed by atoms with E-state index in [1.54, 1.807) is 24.3 Å². The number of nitrogens with zero attached hydrogens (tertiary/aromatic N) is 1. The van der Waals surface area contributed by atoms with E-state index in [0.29, 0.717) is 16.5 Å². The summed E-state index contributed by atoms with van der Waals surface area (Å²) < 4.78 is 6.01. The van der Waals surface area contributed by atoms with Crippen molar-refractivity contribution >= 4 is 35.1 Å². The molecule has 7 heteroatoms. The van der Waals surface area contributed by atoms with Gasteiger partial charge in [0.1, 0.15) is 12.7 Å². The number of hydrogen-bond acceptors (Lipinski definition) is 3. The van der Waals surface area contributed by atoms with Gasteiger partial charge in [-0.25, -0.2) is 0 Å². The zero-order valence-corrected chi connectivity index (χ0v) is 18.3. The van der Waals surface area contributed by atoms with E-state index in [1.165, 1.54) is 0 Å². The molecule has 1 fully saturated rings. The van der Waals surface area contributed by atoms with Crippen molar-refractivity contribution in [3.8, 4) is 0 Å². The lowest BCUT2D eigenvalue weighted by Crippen LogP contribution is -2.51. The first-order chi connectivity index (χ1) is 14.4. The molecule has 160 valence electrons. The molecule has 5 nitrogen and oxygen atoms in total. The summed E-state index contributed by atoms with van der Waals surface area (Å²) in [7, 11) is 0. The van der Waals surface area contributed by atoms with E-state index >= 15 is 0 Å². The third kappa shape index (κ3) is 5.34. The molecule has 3 rings (SSSR count). The first kappa shape index (κ1) is 22.6. The molecule has 0 radical (unpaired) electrons. The number of aliphatic carboxylic acids is 1. The average molecular weight is 450 g/mol. The van der Waals surface area contributed by atoms with Crippen LogP contribution >= 0.6 is 23.2 Å². The number of amides is 1. The van der Waals surface area contributed by atoms with Gasteiger partial charge in [-0.05, 0) is 48.2 Å². The van der Waals surface area contributed by atoms with Gasteiger partial charge >= 0.3 is 5.97 Å². The molecule has 0 unspecified atom stereocenters. The number of morpholine rings is 1. The minimum Gasteiger partial charge on any atom is -0.481 e. The topological polar surface area (TPSA) is 66.8 Å². The Bertz CT molecular complexity index is 870. The summed E-state index contributed by atoms with van der Waals surface area (Å²) in [6, 6.07) is 14.2. The number of hydrogen-bond donors (Lipinski definition) is 1. The molecule has 0 spiro atoms. The van der Waals surface area contributed by atoms with E-state index in [1.807, 2.05) is 36.1 Å². The van der Waals surface area contributed by atoms with Crippen molar-refractivity contribution in [1.82, 2.24) is 4.90 Å². The van der Waals surface area contributed by atoms with Gasteiger partial charge in [0, 0.05) is 22.5 Å². The van der Waals surface area contributed by atoms with Gasteiger partial charge in [-0.15, -0.1) is 0 Å². The monoisotopic (exact) mass is 449 g/mol. The van der Waals surface area contributed by atoms with Crippen LogP contribution in [-0.4, -0.2) is 34.5 Å². The summed E-state index contributed by atoms with van der Waals surface area (Å²) in [5, 5.41) is 10.4. The number of carbonyl (C=O) groups excluding carboxylic acids is 1. The standard InChI is InChI=1S/C23H25Cl2NO4/c1-2-3-19(12-13-21(28)29)26-20(27)14-30-23(16-6-10-18(25)11-7-16)22(26)15-4-8-17(24)9-5-15/h4-11,19,22-23H,2-3,12-14H2,1H3,(H,28,29)/t19-,22-,23+/m0/s1. The van der Waals surface area contributed by atoms with Gasteiger partial charge in [-0.3, -0.25) is 9.59 Å². The van der Waals surface area contributed by atoms with Gasteiger partial charge in [-0.2, -0.15) is 0 Å². The van der Waals surface area contributed by atoms with Crippen LogP contribution in [0, 0.1) is 0 Å². The summed E-state index contributed by atoms with van der Waals surface area (Å²) in [5.74, 6) is -1.00. The summed E-state index contributed by atoms with van der Waals surface area (Å²) >= 11 is 12.2. The Morgan fingerprint density at radius 3 is 2.17 bits per heavy atom. The van der Waals surface area contributed by atoms with Gasteiger partial charge in [0.2, 0.25) is 5.91 Å². The molecular weight excluding hydrogens is 425 g/mol. The zero-order valence-electron chi connectivity index (χ0n) is 16.8. The van der Waals surface area contributed by atoms with Crippen molar-refractivity contribution in [1.29, 1.82) is 0 Å². The lowest BCUT2D eigenvalue weighted by atomic mass is 9.90. The predicted molar refractivity (Wildman–Crippen MR) is 117 cm³/mol. The minimum atomic E-state index is -0.867. The third-order valence-corrected chi connectivity index (χ3v) is 5.88. The van der Waals surface area contributed by atoms with Crippen molar-refractivity contribution in [2.24, 2.45) is 0 Å². The quantitative estimate of drug-likeness (QED) is 0.563. The molecule has 1 amide bonds. The van der Waals surface area contributed by atoms with Gasteiger partial charge in [0.05, 0.1) is 6.04 Å². The number of rotatable bonds is 8. The molecule has 2 aromatic carbocycles. The number of carboxylic acids is 1. The van der Waals surface area contributed by atoms with E-state index < -0.39 is 18.1 Å². The maximum absolute atomic E-state index is 13.0. The second-order valence-electron chi connectivity index (χ2n) is 7.46. The molecule has 0 aromatic heterocycles. The van der Waals surface area contributed by atoms with Crippen LogP contribution in [0.15, 0.2) is 48.5 Å². The van der Waals surface area contributed by atoms with E-state index in [9.17, 15) is 14.7 Å². The maximum Gasteiger partial charge on any atom is 0.303 e. The molecule has 1 saturated heterocycles. The van der Waals surface area contributed by atoms with Gasteiger partial charge in [0.15, 0.2) is 0 Å². The normalized spacial score (nSPS) is 20.2. The van der Waals surface area contributed by atoms with E-state index in [4.69, 9.17) is 27.9 Å². The van der Waals surface area contributed by atoms with Crippen LogP contribution in [0.3, 0.4) is 0 Å². The summed E-state index contributed by atoms with van der Waals surface area (Å²) in [4.78, 5) is 26.1. The van der Waals surface area contributed by atoms with Crippen LogP contribution in [0.25, 0.3) is 0 Å². The molecule has 0 saturated carbocycles. The van der Waals surface area contributed by atoms with Gasteiger partial charge in [-0.1, -0.05) is 60.8 Å². The highest BCUT2D eigenvalue weighted by atomic mass is 35.5. The molecule has 1 heterocycles. The van der Waals surface area contributed by atoms with Crippen LogP contribution in [0.4, 0.5) is 0 Å². The number of carboxylic acid groups (broad SMARTS) is 1. The van der Waals surface area contributed by atoms with Crippen molar-refractivity contribution in [2.75, 3.05) is 6.61 Å². The highest BCUT2D eigenvalue weighted by molar-refractivity contribution is 6.30. The molecular formula is C23H25Cl2NO4. The zero-order chi connectivity index (χ0) is 21.7. The number of halogens is 2. The molecule has 1 N–H and O–H groups in total. The van der Waals surface area contributed by atoms with Crippen molar-refractivity contribution in [2.45, 2.75) is 50.8 Å². The Morgan fingerprint density at radius 2 is 1.63 bits per heavy atom. The fourth-order valence-corrected chi connectivity index (χ4v) is 4.28. The lowest BCUT2D eigenvalue weighted by Gasteiger charge is -2.45. The van der Waals surface area contributed by atoms with Crippen LogP contribution in [-0.2, 0) is 14.3 Å². The Labute approximate surface area is 186 Å². The predicted octanol–water partition coefficient (Wildman–Crippen LogP) is 5.67. The van der Waals surface area contributed by atoms with Gasteiger partial charge in [0.25, 0.3) is 0 Å². The molecule has 0 aliphatic carbocycles. The first-order valence-electron chi connectivity index (χ1n) is 10.1. The van der Waals surface area contributed by atoms with Crippen molar-refractivity contribution < 1.29 is 19.4 Å². The minimum absolute atomic E-state index is 0.00819. The largest absolute Gasteiger partial charge is 0.481 e. The van der Waals surface area contributed by atoms with Crippen molar-refractivity contribution in [3.63, 3.8) is 0 Å². The molecule has 3 atom stereocenters. The fourth-order valence-electron chi connectivity index (χ4n) is 4.03. The highest BCUT2D eigenvalue weighted by Crippen LogP contribution is 2.42. The highest BCUT2D eigenvalue weighted by Gasteiger charge is 2.41. The number of benzene rings is 2. The van der Waals surface area contributed by atoms with Gasteiger partial charge < -0.3 is 14.7 Å². The molecule has 1 aliphatic heterocycles. The Balaban J connectivity index is 2.05. The van der Waals surface area contributed by atoms with Crippen LogP contribution in [0.5, 0.6) is 0 Å². The molecule has 0 bridgehead atoms. The Morgan fingerprint density at radius 1 is 1.07 bits per heavy atom. The summed E-state index contributed by atoms with van der Waals surface area (Å²) in [6.07, 6.45) is 1.57. The third-order valence-electron chi connectivity index (χ3n) is 5.38. The summed E-state index contributed by atoms with van der Waals surface area (Å²) in [6.45, 7) is 1.98. The smallest absolute Gasteiger partial charge is 0.303 e. The fraction of sp³-hybridized carbons (Fsp3) is 0.391. The van der Waals surface area contributed by atoms with Crippen LogP contribution in [0.2, 0.25) is 10.0 Å². The second kappa shape index (κ2) is 10.3. The van der Waals surface area contributed by atoms with Crippen LogP contribution < -0.4 is 0 Å². The maximum atomic E-state index is 13.0. The lowest BCUT2D eigenvalue weighted by molar-refractivity contribution is -0.164. The molecule has 2 aromatic rings. The average Bonchev–Trinajstić information content (AvgIpc) is 2.72. The number of carbonyl (C=O) groups is 2. The first-order valence-corrected chi connectivity index (χ1v) is 10.8. The molecule has 1 aliphatic rings. The van der Waals surface area contributed by atoms with E-state index in [2.05, 4.69) is 0 Å². The Hall–Kier alpha value is -2.08. The second-order valence-corrected chi connectivity index (χ2v) is 8.33. The number of ether oxygens (including phenoxy) is 1. The van der Waals surface area contributed by atoms with E-state index in [-0.39, 0.29) is 25.0 Å². The Kier molecular flexibility index (Phi) is 7.75. The SMILES string of the molecule is CCC[C@@H](CCC(=O)O)N1C(=O)CO[C@H](c2ccc(Cl)cc2)[C@@H]1c1ccc(Cl)cc1. The summed E-state index contributed by atoms with van der Waals surface area (Å²) in [5.41, 5.74) is 1.80. The van der Waals surface area contributed by atoms with E-state index in [0.717, 1.165) is 24.0 Å². The van der Waals surface area contributed by atoms with Crippen molar-refractivity contribution in [3.05, 3.63) is 69.7 Å².